The standard InChI is InChI=1S/C15H20N2OS/c1-2-7-17-10-12(9-16-17)15(18)14-8-11-5-3-4-6-13(11)19-14/h8-10,15,18H,2-7H2,1H3. The van der Waals surface area contributed by atoms with Crippen molar-refractivity contribution in [2.45, 2.75) is 51.7 Å². The summed E-state index contributed by atoms with van der Waals surface area (Å²) in [5.41, 5.74) is 2.36. The highest BCUT2D eigenvalue weighted by Crippen LogP contribution is 2.35. The van der Waals surface area contributed by atoms with Crippen molar-refractivity contribution in [3.8, 4) is 0 Å². The van der Waals surface area contributed by atoms with Crippen molar-refractivity contribution in [2.24, 2.45) is 0 Å². The van der Waals surface area contributed by atoms with Gasteiger partial charge in [0.15, 0.2) is 0 Å². The van der Waals surface area contributed by atoms with Gasteiger partial charge in [-0.1, -0.05) is 6.92 Å². The van der Waals surface area contributed by atoms with Gasteiger partial charge in [0.05, 0.1) is 6.20 Å². The van der Waals surface area contributed by atoms with Crippen molar-refractivity contribution in [3.05, 3.63) is 39.3 Å². The third kappa shape index (κ3) is 2.60. The Hall–Kier alpha value is -1.13. The third-order valence-corrected chi connectivity index (χ3v) is 5.00. The van der Waals surface area contributed by atoms with Crippen LogP contribution in [0.15, 0.2) is 18.5 Å². The summed E-state index contributed by atoms with van der Waals surface area (Å²) in [6.07, 6.45) is 9.23. The van der Waals surface area contributed by atoms with Gasteiger partial charge in [0.1, 0.15) is 6.10 Å². The topological polar surface area (TPSA) is 38.0 Å². The molecule has 102 valence electrons. The van der Waals surface area contributed by atoms with Crippen LogP contribution in [0.1, 0.15) is 53.2 Å². The predicted octanol–water partition coefficient (Wildman–Crippen LogP) is 3.32. The Labute approximate surface area is 117 Å². The van der Waals surface area contributed by atoms with E-state index in [0.717, 1.165) is 23.4 Å². The van der Waals surface area contributed by atoms with Crippen molar-refractivity contribution in [1.29, 1.82) is 0 Å². The first-order chi connectivity index (χ1) is 9.28. The molecular formula is C15H20N2OS. The fourth-order valence-corrected chi connectivity index (χ4v) is 3.96. The smallest absolute Gasteiger partial charge is 0.116 e. The molecule has 0 bridgehead atoms. The molecule has 19 heavy (non-hydrogen) atoms. The van der Waals surface area contributed by atoms with Gasteiger partial charge in [-0.15, -0.1) is 11.3 Å². The molecule has 1 aliphatic rings. The molecule has 2 aromatic rings. The average molecular weight is 276 g/mol. The molecule has 1 N–H and O–H groups in total. The summed E-state index contributed by atoms with van der Waals surface area (Å²) in [5, 5.41) is 14.8. The maximum Gasteiger partial charge on any atom is 0.116 e. The molecule has 1 aliphatic carbocycles. The Kier molecular flexibility index (Phi) is 3.71. The largest absolute Gasteiger partial charge is 0.383 e. The first-order valence-electron chi connectivity index (χ1n) is 7.10. The highest BCUT2D eigenvalue weighted by atomic mass is 32.1. The van der Waals surface area contributed by atoms with Crippen molar-refractivity contribution in [3.63, 3.8) is 0 Å². The Morgan fingerprint density at radius 3 is 3.05 bits per heavy atom. The minimum absolute atomic E-state index is 0.513. The highest BCUT2D eigenvalue weighted by Gasteiger charge is 2.19. The molecule has 0 fully saturated rings. The summed E-state index contributed by atoms with van der Waals surface area (Å²) in [6, 6.07) is 2.20. The van der Waals surface area contributed by atoms with E-state index in [4.69, 9.17) is 0 Å². The Bertz CT molecular complexity index is 535. The Balaban J connectivity index is 1.82. The quantitative estimate of drug-likeness (QED) is 0.930. The molecule has 2 aromatic heterocycles. The zero-order valence-electron chi connectivity index (χ0n) is 11.3. The Morgan fingerprint density at radius 2 is 2.26 bits per heavy atom. The van der Waals surface area contributed by atoms with Gasteiger partial charge in [0, 0.05) is 28.1 Å². The predicted molar refractivity (Wildman–Crippen MR) is 77.5 cm³/mol. The van der Waals surface area contributed by atoms with E-state index in [1.807, 2.05) is 10.9 Å². The van der Waals surface area contributed by atoms with E-state index in [1.54, 1.807) is 17.5 Å². The fraction of sp³-hybridized carbons (Fsp3) is 0.533. The lowest BCUT2D eigenvalue weighted by molar-refractivity contribution is 0.224. The zero-order valence-corrected chi connectivity index (χ0v) is 12.1. The second kappa shape index (κ2) is 5.47. The third-order valence-electron chi connectivity index (χ3n) is 3.71. The molecule has 1 unspecified atom stereocenters. The van der Waals surface area contributed by atoms with E-state index in [-0.39, 0.29) is 0 Å². The molecule has 0 amide bonds. The second-order valence-corrected chi connectivity index (χ2v) is 6.41. The molecule has 1 atom stereocenters. The zero-order chi connectivity index (χ0) is 13.2. The van der Waals surface area contributed by atoms with E-state index in [1.165, 1.54) is 36.1 Å². The van der Waals surface area contributed by atoms with E-state index in [0.29, 0.717) is 0 Å². The number of aryl methyl sites for hydroxylation is 3. The molecule has 0 aliphatic heterocycles. The van der Waals surface area contributed by atoms with Crippen LogP contribution in [0.5, 0.6) is 0 Å². The second-order valence-electron chi connectivity index (χ2n) is 5.24. The maximum absolute atomic E-state index is 10.5. The summed E-state index contributed by atoms with van der Waals surface area (Å²) in [7, 11) is 0. The summed E-state index contributed by atoms with van der Waals surface area (Å²) < 4.78 is 1.91. The van der Waals surface area contributed by atoms with Crippen molar-refractivity contribution in [1.82, 2.24) is 9.78 Å². The van der Waals surface area contributed by atoms with Crippen LogP contribution in [0.3, 0.4) is 0 Å². The molecule has 4 heteroatoms. The van der Waals surface area contributed by atoms with E-state index in [2.05, 4.69) is 18.1 Å². The van der Waals surface area contributed by atoms with Gasteiger partial charge in [-0.3, -0.25) is 4.68 Å². The minimum Gasteiger partial charge on any atom is -0.383 e. The van der Waals surface area contributed by atoms with Gasteiger partial charge in [-0.2, -0.15) is 5.10 Å². The molecule has 3 rings (SSSR count). The van der Waals surface area contributed by atoms with Crippen LogP contribution in [0.25, 0.3) is 0 Å². The summed E-state index contributed by atoms with van der Waals surface area (Å²) in [5.74, 6) is 0. The van der Waals surface area contributed by atoms with Crippen LogP contribution < -0.4 is 0 Å². The van der Waals surface area contributed by atoms with Crippen LogP contribution in [0.2, 0.25) is 0 Å². The summed E-state index contributed by atoms with van der Waals surface area (Å²) in [6.45, 7) is 3.04. The molecule has 0 spiro atoms. The van der Waals surface area contributed by atoms with Crippen LogP contribution in [-0.4, -0.2) is 14.9 Å². The lowest BCUT2D eigenvalue weighted by atomic mass is 9.98. The molecule has 0 radical (unpaired) electrons. The van der Waals surface area contributed by atoms with Gasteiger partial charge < -0.3 is 5.11 Å². The molecular weight excluding hydrogens is 256 g/mol. The number of thiophene rings is 1. The number of hydrogen-bond donors (Lipinski definition) is 1. The van der Waals surface area contributed by atoms with Crippen molar-refractivity contribution in [2.75, 3.05) is 0 Å². The summed E-state index contributed by atoms with van der Waals surface area (Å²) in [4.78, 5) is 2.55. The van der Waals surface area contributed by atoms with E-state index >= 15 is 0 Å². The first kappa shape index (κ1) is 12.9. The van der Waals surface area contributed by atoms with Crippen molar-refractivity contribution >= 4 is 11.3 Å². The van der Waals surface area contributed by atoms with Gasteiger partial charge in [-0.05, 0) is 43.7 Å². The number of fused-ring (bicyclic) bond motifs is 1. The van der Waals surface area contributed by atoms with Crippen LogP contribution in [-0.2, 0) is 19.4 Å². The number of nitrogens with zero attached hydrogens (tertiary/aromatic N) is 2. The van der Waals surface area contributed by atoms with Gasteiger partial charge in [0.2, 0.25) is 0 Å². The van der Waals surface area contributed by atoms with E-state index < -0.39 is 6.10 Å². The molecule has 3 nitrogen and oxygen atoms in total. The number of rotatable bonds is 4. The van der Waals surface area contributed by atoms with Gasteiger partial charge >= 0.3 is 0 Å². The molecule has 0 saturated heterocycles. The highest BCUT2D eigenvalue weighted by molar-refractivity contribution is 7.12. The molecule has 0 saturated carbocycles. The molecule has 0 aromatic carbocycles. The fourth-order valence-electron chi connectivity index (χ4n) is 2.68. The van der Waals surface area contributed by atoms with Crippen molar-refractivity contribution < 1.29 is 5.11 Å². The minimum atomic E-state index is -0.513. The Morgan fingerprint density at radius 1 is 1.42 bits per heavy atom. The number of aromatic nitrogens is 2. The van der Waals surface area contributed by atoms with E-state index in [9.17, 15) is 5.11 Å². The maximum atomic E-state index is 10.5. The lowest BCUT2D eigenvalue weighted by Crippen LogP contribution is -1.98. The normalized spacial score (nSPS) is 16.3. The number of aliphatic hydroxyl groups is 1. The number of hydrogen-bond acceptors (Lipinski definition) is 3. The monoisotopic (exact) mass is 276 g/mol. The lowest BCUT2D eigenvalue weighted by Gasteiger charge is -2.08. The van der Waals surface area contributed by atoms with Crippen LogP contribution in [0, 0.1) is 0 Å². The van der Waals surface area contributed by atoms with Crippen LogP contribution in [0.4, 0.5) is 0 Å². The average Bonchev–Trinajstić information content (AvgIpc) is 3.04. The van der Waals surface area contributed by atoms with Crippen LogP contribution >= 0.6 is 11.3 Å². The first-order valence-corrected chi connectivity index (χ1v) is 7.91. The molecule has 2 heterocycles. The number of aliphatic hydroxyl groups excluding tert-OH is 1. The summed E-state index contributed by atoms with van der Waals surface area (Å²) >= 11 is 1.77. The van der Waals surface area contributed by atoms with Gasteiger partial charge in [-0.25, -0.2) is 0 Å². The van der Waals surface area contributed by atoms with Gasteiger partial charge in [0.25, 0.3) is 0 Å². The SMILES string of the molecule is CCCn1cc(C(O)c2cc3c(s2)CCCC3)cn1.